The number of thioether (sulfide) groups is 2. The van der Waals surface area contributed by atoms with E-state index in [1.54, 1.807) is 32.5 Å². The van der Waals surface area contributed by atoms with Gasteiger partial charge in [-0.05, 0) is 160 Å². The van der Waals surface area contributed by atoms with Gasteiger partial charge in [-0.15, -0.1) is 23.5 Å². The molecule has 0 aliphatic rings. The zero-order valence-electron chi connectivity index (χ0n) is 44.8. The molecular formula is C58H85NO11S2. The molecule has 3 aromatic carbocycles. The number of benzene rings is 3. The van der Waals surface area contributed by atoms with Crippen LogP contribution < -0.4 is 5.32 Å². The van der Waals surface area contributed by atoms with Crippen molar-refractivity contribution in [3.05, 3.63) is 95.6 Å². The number of rotatable bonds is 31. The fourth-order valence-electron chi connectivity index (χ4n) is 6.92. The number of ether oxygens (including phenoxy) is 4. The number of aliphatic carboxylic acids is 1. The molecule has 0 spiro atoms. The molecule has 400 valence electrons. The van der Waals surface area contributed by atoms with Gasteiger partial charge in [0.25, 0.3) is 0 Å². The van der Waals surface area contributed by atoms with Crippen LogP contribution in [0.2, 0.25) is 0 Å². The lowest BCUT2D eigenvalue weighted by molar-refractivity contribution is -0.159. The number of nitrogens with one attached hydrogen (secondary N) is 1. The average molecular weight is 1040 g/mol. The Morgan fingerprint density at radius 1 is 0.500 bits per heavy atom. The molecule has 14 heteroatoms. The minimum Gasteiger partial charge on any atom is -0.481 e. The zero-order valence-corrected chi connectivity index (χ0v) is 46.4. The van der Waals surface area contributed by atoms with Crippen LogP contribution in [0.4, 0.5) is 0 Å². The van der Waals surface area contributed by atoms with Crippen molar-refractivity contribution >= 4 is 59.3 Å². The Hall–Kier alpha value is -4.82. The highest BCUT2D eigenvalue weighted by Gasteiger charge is 2.27. The van der Waals surface area contributed by atoms with E-state index in [0.29, 0.717) is 24.0 Å². The molecule has 0 aliphatic carbocycles. The van der Waals surface area contributed by atoms with Gasteiger partial charge >= 0.3 is 29.8 Å². The highest BCUT2D eigenvalue weighted by Crippen LogP contribution is 2.24. The van der Waals surface area contributed by atoms with Crippen LogP contribution in [0.15, 0.2) is 88.7 Å². The third kappa shape index (κ3) is 33.0. The van der Waals surface area contributed by atoms with Crippen molar-refractivity contribution in [3.63, 3.8) is 0 Å². The molecule has 12 nitrogen and oxygen atoms in total. The second kappa shape index (κ2) is 34.6. The summed E-state index contributed by atoms with van der Waals surface area (Å²) < 4.78 is 21.6. The summed E-state index contributed by atoms with van der Waals surface area (Å²) in [7, 11) is 0. The lowest BCUT2D eigenvalue weighted by Gasteiger charge is -2.24. The Labute approximate surface area is 439 Å². The maximum Gasteiger partial charge on any atom is 0.338 e. The number of unbranched alkanes of at least 4 members (excludes halogenated alkanes) is 12. The lowest BCUT2D eigenvalue weighted by atomic mass is 10.1. The van der Waals surface area contributed by atoms with Crippen LogP contribution in [0, 0.1) is 0 Å². The van der Waals surface area contributed by atoms with E-state index in [1.807, 2.05) is 132 Å². The highest BCUT2D eigenvalue weighted by atomic mass is 32.2. The van der Waals surface area contributed by atoms with Crippen LogP contribution in [0.1, 0.15) is 204 Å². The maximum atomic E-state index is 12.8. The predicted octanol–water partition coefficient (Wildman–Crippen LogP) is 14.1. The second-order valence-corrected chi connectivity index (χ2v) is 23.3. The SMILES string of the molecule is CC(C)(C)OC(=O)c1ccc(SCCCCCCCCCC(=O)N[C@@H](CCC(=O)OCc2ccccc2)C(=O)OC(C)(C)C)cc1.CC(C)(C)OC(=O)c1ccc(SCCCCCCCCCC(=O)O)cc1. The van der Waals surface area contributed by atoms with E-state index in [-0.39, 0.29) is 37.3 Å². The minimum absolute atomic E-state index is 0.00406. The number of carbonyl (C=O) groups excluding carboxylic acids is 5. The molecule has 0 saturated carbocycles. The summed E-state index contributed by atoms with van der Waals surface area (Å²) in [6, 6.07) is 23.7. The van der Waals surface area contributed by atoms with Crippen molar-refractivity contribution in [2.24, 2.45) is 0 Å². The van der Waals surface area contributed by atoms with E-state index in [1.165, 1.54) is 30.6 Å². The monoisotopic (exact) mass is 1040 g/mol. The third-order valence-electron chi connectivity index (χ3n) is 10.5. The largest absolute Gasteiger partial charge is 0.481 e. The van der Waals surface area contributed by atoms with Crippen molar-refractivity contribution in [1.82, 2.24) is 5.32 Å². The first kappa shape index (κ1) is 63.3. The van der Waals surface area contributed by atoms with Gasteiger partial charge in [0.05, 0.1) is 11.1 Å². The molecule has 0 radical (unpaired) electrons. The molecule has 72 heavy (non-hydrogen) atoms. The molecule has 1 atom stereocenters. The number of carboxylic acids is 1. The van der Waals surface area contributed by atoms with E-state index in [0.717, 1.165) is 86.2 Å². The normalized spacial score (nSPS) is 11.9. The van der Waals surface area contributed by atoms with Crippen LogP contribution in [0.5, 0.6) is 0 Å². The first-order valence-corrected chi connectivity index (χ1v) is 27.8. The number of esters is 4. The van der Waals surface area contributed by atoms with Crippen molar-refractivity contribution < 1.29 is 52.8 Å². The van der Waals surface area contributed by atoms with Gasteiger partial charge in [0.1, 0.15) is 29.5 Å². The van der Waals surface area contributed by atoms with Crippen LogP contribution >= 0.6 is 23.5 Å². The molecule has 0 bridgehead atoms. The van der Waals surface area contributed by atoms with E-state index < -0.39 is 40.8 Å². The van der Waals surface area contributed by atoms with E-state index in [9.17, 15) is 28.8 Å². The predicted molar refractivity (Wildman–Crippen MR) is 289 cm³/mol. The molecule has 0 unspecified atom stereocenters. The fourth-order valence-corrected chi connectivity index (χ4v) is 8.75. The van der Waals surface area contributed by atoms with Crippen molar-refractivity contribution in [2.45, 2.75) is 217 Å². The first-order valence-electron chi connectivity index (χ1n) is 25.9. The van der Waals surface area contributed by atoms with Gasteiger partial charge in [0.15, 0.2) is 0 Å². The van der Waals surface area contributed by atoms with E-state index in [2.05, 4.69) is 5.32 Å². The Kier molecular flexibility index (Phi) is 30.4. The Bertz CT molecular complexity index is 2040. The first-order chi connectivity index (χ1) is 34.0. The summed E-state index contributed by atoms with van der Waals surface area (Å²) in [5.74, 6) is -0.376. The number of carboxylic acid groups (broad SMARTS) is 1. The molecule has 2 N–H and O–H groups in total. The summed E-state index contributed by atoms with van der Waals surface area (Å²) >= 11 is 3.60. The summed E-state index contributed by atoms with van der Waals surface area (Å²) in [5.41, 5.74) is 0.354. The van der Waals surface area contributed by atoms with Gasteiger partial charge in [-0.25, -0.2) is 14.4 Å². The van der Waals surface area contributed by atoms with Crippen LogP contribution in [0.3, 0.4) is 0 Å². The van der Waals surface area contributed by atoms with Crippen LogP contribution in [-0.2, 0) is 44.7 Å². The summed E-state index contributed by atoms with van der Waals surface area (Å²) in [6.07, 6.45) is 15.7. The standard InChI is InChI=1S/C37H53NO7S.C21H32O4S/c1-36(2,3)44-34(41)29-20-22-30(23-21-29)46-26-16-11-9-7-8-10-15-19-32(39)38-31(35(42)45-37(4,5)6)24-25-33(40)43-27-28-17-13-12-14-18-28;1-21(2,3)25-20(24)17-12-14-18(15-13-17)26-16-10-8-6-4-5-7-9-11-19(22)23/h12-14,17-18,20-23,31H,7-11,15-16,19,24-27H2,1-6H3,(H,38,39);12-15H,4-11,16H2,1-3H3,(H,22,23)/t31-;/m0./s1. The van der Waals surface area contributed by atoms with Gasteiger partial charge in [-0.3, -0.25) is 14.4 Å². The molecule has 3 aromatic rings. The number of hydrogen-bond donors (Lipinski definition) is 2. The molecule has 0 aromatic heterocycles. The smallest absolute Gasteiger partial charge is 0.338 e. The average Bonchev–Trinajstić information content (AvgIpc) is 3.30. The van der Waals surface area contributed by atoms with Crippen molar-refractivity contribution in [3.8, 4) is 0 Å². The number of hydrogen-bond acceptors (Lipinski definition) is 12. The van der Waals surface area contributed by atoms with E-state index in [4.69, 9.17) is 24.1 Å². The van der Waals surface area contributed by atoms with Crippen molar-refractivity contribution in [1.29, 1.82) is 0 Å². The van der Waals surface area contributed by atoms with E-state index >= 15 is 0 Å². The molecular weight excluding hydrogens is 951 g/mol. The third-order valence-corrected chi connectivity index (χ3v) is 12.7. The lowest BCUT2D eigenvalue weighted by Crippen LogP contribution is -2.44. The van der Waals surface area contributed by atoms with Gasteiger partial charge < -0.3 is 29.4 Å². The topological polar surface area (TPSA) is 172 Å². The summed E-state index contributed by atoms with van der Waals surface area (Å²) in [4.78, 5) is 74.6. The maximum absolute atomic E-state index is 12.8. The van der Waals surface area contributed by atoms with Gasteiger partial charge in [0.2, 0.25) is 5.91 Å². The van der Waals surface area contributed by atoms with Gasteiger partial charge in [-0.1, -0.05) is 94.5 Å². The molecule has 0 saturated heterocycles. The van der Waals surface area contributed by atoms with Crippen LogP contribution in [-0.4, -0.2) is 75.2 Å². The molecule has 0 aliphatic heterocycles. The van der Waals surface area contributed by atoms with Crippen molar-refractivity contribution in [2.75, 3.05) is 11.5 Å². The summed E-state index contributed by atoms with van der Waals surface area (Å²) in [5, 5.41) is 11.3. The zero-order chi connectivity index (χ0) is 53.4. The van der Waals surface area contributed by atoms with Gasteiger partial charge in [0, 0.05) is 29.1 Å². The number of amides is 1. The molecule has 0 heterocycles. The minimum atomic E-state index is -0.906. The van der Waals surface area contributed by atoms with Crippen LogP contribution in [0.25, 0.3) is 0 Å². The fraction of sp³-hybridized carbons (Fsp3) is 0.586. The molecule has 1 amide bonds. The summed E-state index contributed by atoms with van der Waals surface area (Å²) in [6.45, 7) is 16.6. The Balaban J connectivity index is 0.000000577. The highest BCUT2D eigenvalue weighted by molar-refractivity contribution is 7.99. The quantitative estimate of drug-likeness (QED) is 0.0270. The molecule has 0 fully saturated rings. The number of carbonyl (C=O) groups is 6. The van der Waals surface area contributed by atoms with Gasteiger partial charge in [-0.2, -0.15) is 0 Å². The molecule has 3 rings (SSSR count). The Morgan fingerprint density at radius 3 is 1.32 bits per heavy atom. The Morgan fingerprint density at radius 2 is 0.903 bits per heavy atom. The second-order valence-electron chi connectivity index (χ2n) is 20.9.